The van der Waals surface area contributed by atoms with Crippen LogP contribution in [0.1, 0.15) is 42.1 Å². The van der Waals surface area contributed by atoms with Crippen molar-refractivity contribution in [2.45, 2.75) is 38.6 Å². The van der Waals surface area contributed by atoms with Crippen molar-refractivity contribution in [1.29, 1.82) is 0 Å². The molecule has 1 atom stereocenters. The Morgan fingerprint density at radius 2 is 1.68 bits per heavy atom. The molecule has 2 aliphatic heterocycles. The predicted octanol–water partition coefficient (Wildman–Crippen LogP) is 3.45. The van der Waals surface area contributed by atoms with Crippen molar-refractivity contribution >= 4 is 23.5 Å². The molecule has 2 amide bonds. The maximum Gasteiger partial charge on any atom is 0.338 e. The molecule has 0 radical (unpaired) electrons. The highest BCUT2D eigenvalue weighted by Gasteiger charge is 2.43. The Balaban J connectivity index is 1.37. The molecule has 0 saturated carbocycles. The van der Waals surface area contributed by atoms with Crippen molar-refractivity contribution in [2.24, 2.45) is 5.92 Å². The Morgan fingerprint density at radius 3 is 2.32 bits per heavy atom. The topological polar surface area (TPSA) is 66.9 Å². The summed E-state index contributed by atoms with van der Waals surface area (Å²) in [6.45, 7) is 3.71. The summed E-state index contributed by atoms with van der Waals surface area (Å²) in [7, 11) is 0. The third-order valence-electron chi connectivity index (χ3n) is 6.22. The molecule has 31 heavy (non-hydrogen) atoms. The largest absolute Gasteiger partial charge is 0.462 e. The van der Waals surface area contributed by atoms with E-state index in [1.807, 2.05) is 6.07 Å². The fourth-order valence-corrected chi connectivity index (χ4v) is 4.55. The van der Waals surface area contributed by atoms with Gasteiger partial charge in [-0.25, -0.2) is 9.69 Å². The molecule has 4 rings (SSSR count). The lowest BCUT2D eigenvalue weighted by Gasteiger charge is -2.34. The van der Waals surface area contributed by atoms with Gasteiger partial charge in [0, 0.05) is 0 Å². The second-order valence-electron chi connectivity index (χ2n) is 8.22. The van der Waals surface area contributed by atoms with Gasteiger partial charge in [-0.1, -0.05) is 30.3 Å². The summed E-state index contributed by atoms with van der Waals surface area (Å²) in [6.07, 6.45) is 3.33. The number of esters is 1. The average molecular weight is 421 g/mol. The van der Waals surface area contributed by atoms with E-state index in [1.54, 1.807) is 31.2 Å². The van der Waals surface area contributed by atoms with E-state index in [-0.39, 0.29) is 18.2 Å². The van der Waals surface area contributed by atoms with Gasteiger partial charge in [-0.2, -0.15) is 0 Å². The first-order valence-electron chi connectivity index (χ1n) is 11.0. The average Bonchev–Trinajstić information content (AvgIpc) is 3.09. The molecule has 0 spiro atoms. The number of amides is 2. The minimum absolute atomic E-state index is 0.171. The second-order valence-corrected chi connectivity index (χ2v) is 8.22. The fraction of sp³-hybridized carbons (Fsp3) is 0.400. The van der Waals surface area contributed by atoms with Gasteiger partial charge in [0.1, 0.15) is 0 Å². The summed E-state index contributed by atoms with van der Waals surface area (Å²) < 4.78 is 4.98. The SMILES string of the molecule is CCOC(=O)c1ccc(N2C(=O)CC(N3CCC(Cc4ccccc4)CC3)C2=O)cc1. The highest BCUT2D eigenvalue weighted by atomic mass is 16.5. The van der Waals surface area contributed by atoms with Crippen LogP contribution >= 0.6 is 0 Å². The van der Waals surface area contributed by atoms with Gasteiger partial charge < -0.3 is 4.74 Å². The summed E-state index contributed by atoms with van der Waals surface area (Å²) in [5, 5.41) is 0. The van der Waals surface area contributed by atoms with Crippen LogP contribution in [0, 0.1) is 5.92 Å². The Morgan fingerprint density at radius 1 is 1.00 bits per heavy atom. The molecule has 6 nitrogen and oxygen atoms in total. The lowest BCUT2D eigenvalue weighted by atomic mass is 9.89. The minimum Gasteiger partial charge on any atom is -0.462 e. The van der Waals surface area contributed by atoms with Crippen LogP contribution in [0.2, 0.25) is 0 Å². The van der Waals surface area contributed by atoms with Crippen molar-refractivity contribution in [2.75, 3.05) is 24.6 Å². The quantitative estimate of drug-likeness (QED) is 0.529. The lowest BCUT2D eigenvalue weighted by Crippen LogP contribution is -2.46. The number of piperidine rings is 1. The first kappa shape index (κ1) is 21.2. The summed E-state index contributed by atoms with van der Waals surface area (Å²) >= 11 is 0. The first-order valence-corrected chi connectivity index (χ1v) is 11.0. The number of imide groups is 1. The molecule has 6 heteroatoms. The lowest BCUT2D eigenvalue weighted by molar-refractivity contribution is -0.123. The van der Waals surface area contributed by atoms with Crippen LogP contribution in [0.15, 0.2) is 54.6 Å². The van der Waals surface area contributed by atoms with Crippen LogP contribution in [0.25, 0.3) is 0 Å². The van der Waals surface area contributed by atoms with Gasteiger partial charge in [0.25, 0.3) is 5.91 Å². The van der Waals surface area contributed by atoms with Gasteiger partial charge in [-0.05, 0) is 75.0 Å². The summed E-state index contributed by atoms with van der Waals surface area (Å²) in [6, 6.07) is 16.6. The zero-order valence-corrected chi connectivity index (χ0v) is 17.8. The van der Waals surface area contributed by atoms with Crippen molar-refractivity contribution in [1.82, 2.24) is 4.90 Å². The molecule has 0 N–H and O–H groups in total. The molecular formula is C25H28N2O4. The molecular weight excluding hydrogens is 392 g/mol. The molecule has 2 fully saturated rings. The number of nitrogens with zero attached hydrogens (tertiary/aromatic N) is 2. The van der Waals surface area contributed by atoms with E-state index in [0.29, 0.717) is 23.8 Å². The Kier molecular flexibility index (Phi) is 6.47. The second kappa shape index (κ2) is 9.43. The minimum atomic E-state index is -0.413. The van der Waals surface area contributed by atoms with Crippen LogP contribution < -0.4 is 4.90 Å². The van der Waals surface area contributed by atoms with Crippen LogP contribution in [0.4, 0.5) is 5.69 Å². The van der Waals surface area contributed by atoms with Crippen LogP contribution in [-0.2, 0) is 20.7 Å². The van der Waals surface area contributed by atoms with E-state index in [0.717, 1.165) is 32.4 Å². The standard InChI is InChI=1S/C25H28N2O4/c1-2-31-25(30)20-8-10-21(11-9-20)27-23(28)17-22(24(27)29)26-14-12-19(13-15-26)16-18-6-4-3-5-7-18/h3-11,19,22H,2,12-17H2,1H3. The first-order chi connectivity index (χ1) is 15.1. The van der Waals surface area contributed by atoms with Crippen molar-refractivity contribution < 1.29 is 19.1 Å². The Bertz CT molecular complexity index is 934. The number of carbonyl (C=O) groups excluding carboxylic acids is 3. The maximum atomic E-state index is 13.1. The van der Waals surface area contributed by atoms with E-state index < -0.39 is 12.0 Å². The highest BCUT2D eigenvalue weighted by molar-refractivity contribution is 6.22. The van der Waals surface area contributed by atoms with Gasteiger partial charge in [-0.15, -0.1) is 0 Å². The summed E-state index contributed by atoms with van der Waals surface area (Å²) in [5.41, 5.74) is 2.26. The molecule has 0 aliphatic carbocycles. The molecule has 2 aromatic rings. The number of hydrogen-bond acceptors (Lipinski definition) is 5. The molecule has 0 bridgehead atoms. The van der Waals surface area contributed by atoms with E-state index in [9.17, 15) is 14.4 Å². The molecule has 2 heterocycles. The molecule has 162 valence electrons. The third kappa shape index (κ3) is 4.69. The van der Waals surface area contributed by atoms with E-state index in [2.05, 4.69) is 29.2 Å². The van der Waals surface area contributed by atoms with Gasteiger partial charge in [0.2, 0.25) is 5.91 Å². The monoisotopic (exact) mass is 420 g/mol. The fourth-order valence-electron chi connectivity index (χ4n) is 4.55. The number of benzene rings is 2. The van der Waals surface area contributed by atoms with Crippen LogP contribution in [-0.4, -0.2) is 48.4 Å². The number of hydrogen-bond donors (Lipinski definition) is 0. The van der Waals surface area contributed by atoms with Crippen LogP contribution in [0.5, 0.6) is 0 Å². The number of carbonyl (C=O) groups is 3. The molecule has 1 unspecified atom stereocenters. The zero-order chi connectivity index (χ0) is 21.8. The van der Waals surface area contributed by atoms with Gasteiger partial charge in [0.05, 0.1) is 30.3 Å². The molecule has 2 aliphatic rings. The number of rotatable bonds is 6. The molecule has 0 aromatic heterocycles. The van der Waals surface area contributed by atoms with E-state index in [1.165, 1.54) is 10.5 Å². The third-order valence-corrected chi connectivity index (χ3v) is 6.22. The predicted molar refractivity (Wildman–Crippen MR) is 118 cm³/mol. The van der Waals surface area contributed by atoms with E-state index >= 15 is 0 Å². The normalized spacial score (nSPS) is 20.3. The Hall–Kier alpha value is -2.99. The van der Waals surface area contributed by atoms with Gasteiger partial charge >= 0.3 is 5.97 Å². The van der Waals surface area contributed by atoms with Crippen LogP contribution in [0.3, 0.4) is 0 Å². The number of likely N-dealkylation sites (tertiary alicyclic amines) is 1. The van der Waals surface area contributed by atoms with Crippen molar-refractivity contribution in [3.63, 3.8) is 0 Å². The van der Waals surface area contributed by atoms with Crippen molar-refractivity contribution in [3.05, 3.63) is 65.7 Å². The smallest absolute Gasteiger partial charge is 0.338 e. The number of anilines is 1. The van der Waals surface area contributed by atoms with Gasteiger partial charge in [-0.3, -0.25) is 14.5 Å². The maximum absolute atomic E-state index is 13.1. The van der Waals surface area contributed by atoms with E-state index in [4.69, 9.17) is 4.74 Å². The number of ether oxygens (including phenoxy) is 1. The highest BCUT2D eigenvalue weighted by Crippen LogP contribution is 2.30. The zero-order valence-electron chi connectivity index (χ0n) is 17.8. The Labute approximate surface area is 182 Å². The summed E-state index contributed by atoms with van der Waals surface area (Å²) in [5.74, 6) is -0.164. The molecule has 2 saturated heterocycles. The summed E-state index contributed by atoms with van der Waals surface area (Å²) in [4.78, 5) is 41.0. The molecule has 2 aromatic carbocycles. The van der Waals surface area contributed by atoms with Gasteiger partial charge in [0.15, 0.2) is 0 Å². The van der Waals surface area contributed by atoms with Crippen molar-refractivity contribution in [3.8, 4) is 0 Å².